The molecule has 1 radical (unpaired) electrons. The van der Waals surface area contributed by atoms with Crippen LogP contribution in [0.3, 0.4) is 0 Å². The van der Waals surface area contributed by atoms with Crippen LogP contribution in [0.5, 0.6) is 0 Å². The van der Waals surface area contributed by atoms with Gasteiger partial charge in [0.25, 0.3) is 0 Å². The highest BCUT2D eigenvalue weighted by molar-refractivity contribution is 4.56. The molecule has 0 aromatic heterocycles. The highest BCUT2D eigenvalue weighted by Crippen LogP contribution is 2.13. The minimum absolute atomic E-state index is 0.889. The van der Waals surface area contributed by atoms with Crippen molar-refractivity contribution in [1.82, 2.24) is 0 Å². The van der Waals surface area contributed by atoms with Gasteiger partial charge >= 0.3 is 0 Å². The van der Waals surface area contributed by atoms with Crippen molar-refractivity contribution in [3.05, 3.63) is 6.92 Å². The molecule has 1 atom stereocenters. The average Bonchev–Trinajstić information content (AvgIpc) is 1.83. The van der Waals surface area contributed by atoms with Crippen molar-refractivity contribution in [2.24, 2.45) is 5.92 Å². The lowest BCUT2D eigenvalue weighted by Crippen LogP contribution is -1.94. The summed E-state index contributed by atoms with van der Waals surface area (Å²) in [5, 5.41) is 0. The molecule has 49 valence electrons. The summed E-state index contributed by atoms with van der Waals surface area (Å²) in [4.78, 5) is 0. The van der Waals surface area contributed by atoms with Crippen LogP contribution in [-0.2, 0) is 0 Å². The molecule has 0 aliphatic heterocycles. The van der Waals surface area contributed by atoms with Crippen molar-refractivity contribution in [2.45, 2.75) is 39.5 Å². The van der Waals surface area contributed by atoms with Crippen LogP contribution in [0, 0.1) is 12.8 Å². The smallest absolute Gasteiger partial charge is 0.0417 e. The molecule has 0 aliphatic carbocycles. The van der Waals surface area contributed by atoms with Gasteiger partial charge in [0.05, 0.1) is 0 Å². The molecule has 8 heavy (non-hydrogen) atoms. The topological polar surface area (TPSA) is 0 Å². The van der Waals surface area contributed by atoms with E-state index in [1.807, 2.05) is 0 Å². The third kappa shape index (κ3) is 3.06. The molecule has 0 aliphatic rings. The van der Waals surface area contributed by atoms with E-state index in [9.17, 15) is 0 Å². The molecule has 0 nitrogen and oxygen atoms in total. The number of hydrogen-bond donors (Lipinski definition) is 0. The van der Waals surface area contributed by atoms with Gasteiger partial charge in [0, 0.05) is 0 Å². The molecular weight excluding hydrogens is 96.1 g/mol. The first kappa shape index (κ1) is 8.00. The lowest BCUT2D eigenvalue weighted by molar-refractivity contribution is 0.469. The minimum atomic E-state index is 0.889. The molecule has 0 saturated carbocycles. The fourth-order valence-electron chi connectivity index (χ4n) is 0.961. The van der Waals surface area contributed by atoms with E-state index >= 15 is 0 Å². The lowest BCUT2D eigenvalue weighted by atomic mass is 9.98. The maximum Gasteiger partial charge on any atom is -0.0417 e. The number of rotatable bonds is 4. The van der Waals surface area contributed by atoms with E-state index in [0.29, 0.717) is 0 Å². The van der Waals surface area contributed by atoms with Crippen LogP contribution in [-0.4, -0.2) is 0 Å². The Hall–Kier alpha value is 0. The summed E-state index contributed by atoms with van der Waals surface area (Å²) in [5.74, 6) is 0.889. The van der Waals surface area contributed by atoms with Gasteiger partial charge in [0.2, 0.25) is 0 Å². The standard InChI is InChI=1S/C8H17/c1-4-7-8(5-2)6-3/h8H,2,4-7H2,1,3H3. The van der Waals surface area contributed by atoms with Crippen LogP contribution in [0.2, 0.25) is 0 Å². The van der Waals surface area contributed by atoms with Crippen LogP contribution in [0.1, 0.15) is 39.5 Å². The second kappa shape index (κ2) is 5.14. The molecule has 0 heterocycles. The highest BCUT2D eigenvalue weighted by Gasteiger charge is 1.98. The summed E-state index contributed by atoms with van der Waals surface area (Å²) in [6.45, 7) is 8.35. The van der Waals surface area contributed by atoms with Crippen molar-refractivity contribution < 1.29 is 0 Å². The van der Waals surface area contributed by atoms with Crippen LogP contribution < -0.4 is 0 Å². The molecule has 0 fully saturated rings. The third-order valence-corrected chi connectivity index (χ3v) is 1.68. The van der Waals surface area contributed by atoms with Crippen LogP contribution in [0.4, 0.5) is 0 Å². The van der Waals surface area contributed by atoms with E-state index in [2.05, 4.69) is 20.8 Å². The highest BCUT2D eigenvalue weighted by atomic mass is 14.0. The molecule has 0 aromatic rings. The fourth-order valence-corrected chi connectivity index (χ4v) is 0.961. The van der Waals surface area contributed by atoms with Crippen molar-refractivity contribution in [3.8, 4) is 0 Å². The van der Waals surface area contributed by atoms with Crippen molar-refractivity contribution in [1.29, 1.82) is 0 Å². The fraction of sp³-hybridized carbons (Fsp3) is 0.875. The zero-order valence-electron chi connectivity index (χ0n) is 6.11. The SMILES string of the molecule is [CH2]CC(CC)CCC. The zero-order valence-corrected chi connectivity index (χ0v) is 6.11. The Kier molecular flexibility index (Phi) is 5.14. The Bertz CT molecular complexity index is 35.3. The first-order valence-corrected chi connectivity index (χ1v) is 3.64. The first-order chi connectivity index (χ1) is 3.85. The van der Waals surface area contributed by atoms with Crippen LogP contribution in [0.15, 0.2) is 0 Å². The van der Waals surface area contributed by atoms with Crippen molar-refractivity contribution in [3.63, 3.8) is 0 Å². The minimum Gasteiger partial charge on any atom is -0.0654 e. The second-order valence-corrected chi connectivity index (χ2v) is 2.35. The van der Waals surface area contributed by atoms with Gasteiger partial charge in [-0.3, -0.25) is 0 Å². The Morgan fingerprint density at radius 2 is 2.00 bits per heavy atom. The maximum atomic E-state index is 3.88. The molecule has 0 amide bonds. The van der Waals surface area contributed by atoms with E-state index < -0.39 is 0 Å². The van der Waals surface area contributed by atoms with Gasteiger partial charge in [-0.05, 0) is 5.92 Å². The van der Waals surface area contributed by atoms with E-state index in [1.54, 1.807) is 0 Å². The molecule has 0 bridgehead atoms. The van der Waals surface area contributed by atoms with Gasteiger partial charge in [-0.25, -0.2) is 0 Å². The van der Waals surface area contributed by atoms with Crippen LogP contribution >= 0.6 is 0 Å². The Morgan fingerprint density at radius 1 is 1.38 bits per heavy atom. The zero-order chi connectivity index (χ0) is 6.41. The van der Waals surface area contributed by atoms with E-state index in [-0.39, 0.29) is 0 Å². The van der Waals surface area contributed by atoms with Gasteiger partial charge < -0.3 is 0 Å². The summed E-state index contributed by atoms with van der Waals surface area (Å²) in [5.41, 5.74) is 0. The third-order valence-electron chi connectivity index (χ3n) is 1.68. The van der Waals surface area contributed by atoms with Gasteiger partial charge in [0.15, 0.2) is 0 Å². The van der Waals surface area contributed by atoms with Crippen LogP contribution in [0.25, 0.3) is 0 Å². The Morgan fingerprint density at radius 3 is 2.12 bits per heavy atom. The maximum absolute atomic E-state index is 3.88. The van der Waals surface area contributed by atoms with E-state index in [4.69, 9.17) is 0 Å². The van der Waals surface area contributed by atoms with Gasteiger partial charge in [-0.2, -0.15) is 0 Å². The second-order valence-electron chi connectivity index (χ2n) is 2.35. The van der Waals surface area contributed by atoms with Crippen molar-refractivity contribution in [2.75, 3.05) is 0 Å². The molecule has 0 heteroatoms. The first-order valence-electron chi connectivity index (χ1n) is 3.64. The molecule has 0 rings (SSSR count). The average molecular weight is 113 g/mol. The quantitative estimate of drug-likeness (QED) is 0.525. The molecule has 0 saturated heterocycles. The monoisotopic (exact) mass is 113 g/mol. The summed E-state index contributed by atoms with van der Waals surface area (Å²) >= 11 is 0. The molecular formula is C8H17. The van der Waals surface area contributed by atoms with Gasteiger partial charge in [-0.1, -0.05) is 46.5 Å². The van der Waals surface area contributed by atoms with E-state index in [1.165, 1.54) is 19.3 Å². The summed E-state index contributed by atoms with van der Waals surface area (Å²) in [7, 11) is 0. The molecule has 0 spiro atoms. The predicted octanol–water partition coefficient (Wildman–Crippen LogP) is 3.04. The summed E-state index contributed by atoms with van der Waals surface area (Å²) in [6.07, 6.45) is 5.09. The van der Waals surface area contributed by atoms with Gasteiger partial charge in [-0.15, -0.1) is 0 Å². The predicted molar refractivity (Wildman–Crippen MR) is 38.7 cm³/mol. The van der Waals surface area contributed by atoms with Crippen molar-refractivity contribution >= 4 is 0 Å². The molecule has 0 N–H and O–H groups in total. The molecule has 1 unspecified atom stereocenters. The Labute approximate surface area is 53.3 Å². The summed E-state index contributed by atoms with van der Waals surface area (Å²) in [6, 6.07) is 0. The summed E-state index contributed by atoms with van der Waals surface area (Å²) < 4.78 is 0. The molecule has 0 aromatic carbocycles. The van der Waals surface area contributed by atoms with Gasteiger partial charge in [0.1, 0.15) is 0 Å². The van der Waals surface area contributed by atoms with E-state index in [0.717, 1.165) is 12.3 Å². The number of hydrogen-bond acceptors (Lipinski definition) is 0. The normalized spacial score (nSPS) is 10.5. The lowest BCUT2D eigenvalue weighted by Gasteiger charge is -2.08. The largest absolute Gasteiger partial charge is 0.0654 e. The Balaban J connectivity index is 3.07.